The highest BCUT2D eigenvalue weighted by atomic mass is 16.7. The van der Waals surface area contributed by atoms with Crippen LogP contribution < -0.4 is 0 Å². The first-order valence-corrected chi connectivity index (χ1v) is 3.92. The maximum atomic E-state index is 5.28. The van der Waals surface area contributed by atoms with Crippen LogP contribution in [0.15, 0.2) is 0 Å². The van der Waals surface area contributed by atoms with Crippen molar-refractivity contribution in [2.75, 3.05) is 27.4 Å². The molecule has 1 saturated carbocycles. The fourth-order valence-electron chi connectivity index (χ4n) is 2.06. The quantitative estimate of drug-likeness (QED) is 0.556. The summed E-state index contributed by atoms with van der Waals surface area (Å²) >= 11 is 0. The molecule has 0 radical (unpaired) electrons. The van der Waals surface area contributed by atoms with Crippen molar-refractivity contribution in [1.29, 1.82) is 0 Å². The first-order chi connectivity index (χ1) is 5.24. The molecule has 11 heavy (non-hydrogen) atoms. The summed E-state index contributed by atoms with van der Waals surface area (Å²) in [5.41, 5.74) is 0.409. The third kappa shape index (κ3) is 0.916. The lowest BCUT2D eigenvalue weighted by Crippen LogP contribution is -2.62. The van der Waals surface area contributed by atoms with Gasteiger partial charge in [-0.25, -0.2) is 0 Å². The first kappa shape index (κ1) is 7.53. The van der Waals surface area contributed by atoms with Gasteiger partial charge < -0.3 is 14.2 Å². The molecular formula is C8H14O3. The van der Waals surface area contributed by atoms with E-state index in [0.29, 0.717) is 5.41 Å². The van der Waals surface area contributed by atoms with E-state index in [2.05, 4.69) is 0 Å². The Bertz CT molecular complexity index is 149. The Kier molecular flexibility index (Phi) is 1.50. The number of rotatable bonds is 2. The van der Waals surface area contributed by atoms with Crippen molar-refractivity contribution in [3.05, 3.63) is 0 Å². The second-order valence-corrected chi connectivity index (χ2v) is 3.67. The van der Waals surface area contributed by atoms with Gasteiger partial charge in [-0.1, -0.05) is 0 Å². The molecule has 0 aromatic heterocycles. The lowest BCUT2D eigenvalue weighted by Gasteiger charge is -2.58. The minimum absolute atomic E-state index is 0.288. The summed E-state index contributed by atoms with van der Waals surface area (Å²) in [4.78, 5) is 0. The Morgan fingerprint density at radius 1 is 1.09 bits per heavy atom. The Labute approximate surface area is 66.6 Å². The van der Waals surface area contributed by atoms with Gasteiger partial charge in [0.1, 0.15) is 0 Å². The highest BCUT2D eigenvalue weighted by molar-refractivity contribution is 5.03. The van der Waals surface area contributed by atoms with Crippen molar-refractivity contribution in [1.82, 2.24) is 0 Å². The van der Waals surface area contributed by atoms with Gasteiger partial charge >= 0.3 is 0 Å². The van der Waals surface area contributed by atoms with Crippen LogP contribution in [0.1, 0.15) is 12.8 Å². The Hall–Kier alpha value is -0.120. The zero-order valence-electron chi connectivity index (χ0n) is 7.05. The average molecular weight is 158 g/mol. The van der Waals surface area contributed by atoms with E-state index in [-0.39, 0.29) is 5.79 Å². The molecular weight excluding hydrogens is 144 g/mol. The maximum absolute atomic E-state index is 5.28. The van der Waals surface area contributed by atoms with Crippen LogP contribution in [-0.2, 0) is 14.2 Å². The van der Waals surface area contributed by atoms with Crippen molar-refractivity contribution >= 4 is 0 Å². The normalized spacial score (nSPS) is 31.1. The van der Waals surface area contributed by atoms with Gasteiger partial charge in [-0.05, 0) is 0 Å². The van der Waals surface area contributed by atoms with Gasteiger partial charge in [-0.2, -0.15) is 0 Å². The molecule has 1 aliphatic heterocycles. The molecule has 1 aliphatic carbocycles. The summed E-state index contributed by atoms with van der Waals surface area (Å²) < 4.78 is 15.7. The fourth-order valence-corrected chi connectivity index (χ4v) is 2.06. The second kappa shape index (κ2) is 2.19. The molecule has 64 valence electrons. The minimum Gasteiger partial charge on any atom is -0.380 e. The van der Waals surface area contributed by atoms with Gasteiger partial charge in [0.25, 0.3) is 0 Å². The third-order valence-corrected chi connectivity index (χ3v) is 2.85. The van der Waals surface area contributed by atoms with Gasteiger partial charge in [0.05, 0.1) is 13.2 Å². The minimum atomic E-state index is -0.288. The smallest absolute Gasteiger partial charge is 0.168 e. The molecule has 0 atom stereocenters. The first-order valence-electron chi connectivity index (χ1n) is 3.92. The largest absolute Gasteiger partial charge is 0.380 e. The van der Waals surface area contributed by atoms with Crippen LogP contribution in [0, 0.1) is 5.41 Å². The molecule has 0 aromatic rings. The summed E-state index contributed by atoms with van der Waals surface area (Å²) in [6.45, 7) is 1.78. The molecule has 0 unspecified atom stereocenters. The predicted octanol–water partition coefficient (Wildman–Crippen LogP) is 0.786. The molecule has 1 saturated heterocycles. The zero-order chi connectivity index (χ0) is 7.95. The molecule has 0 aromatic carbocycles. The van der Waals surface area contributed by atoms with Crippen molar-refractivity contribution < 1.29 is 14.2 Å². The van der Waals surface area contributed by atoms with Gasteiger partial charge in [0.2, 0.25) is 0 Å². The van der Waals surface area contributed by atoms with Crippen LogP contribution in [-0.4, -0.2) is 33.2 Å². The molecule has 2 rings (SSSR count). The van der Waals surface area contributed by atoms with E-state index in [4.69, 9.17) is 14.2 Å². The Morgan fingerprint density at radius 2 is 1.64 bits per heavy atom. The molecule has 1 spiro atoms. The van der Waals surface area contributed by atoms with Crippen molar-refractivity contribution in [2.24, 2.45) is 5.41 Å². The molecule has 0 amide bonds. The third-order valence-electron chi connectivity index (χ3n) is 2.85. The molecule has 3 nitrogen and oxygen atoms in total. The van der Waals surface area contributed by atoms with E-state index < -0.39 is 0 Å². The van der Waals surface area contributed by atoms with E-state index in [9.17, 15) is 0 Å². The van der Waals surface area contributed by atoms with Crippen molar-refractivity contribution in [3.63, 3.8) is 0 Å². The summed E-state index contributed by atoms with van der Waals surface area (Å²) in [6, 6.07) is 0. The topological polar surface area (TPSA) is 27.7 Å². The van der Waals surface area contributed by atoms with Crippen LogP contribution in [0.3, 0.4) is 0 Å². The number of hydrogen-bond donors (Lipinski definition) is 0. The van der Waals surface area contributed by atoms with Gasteiger partial charge in [0, 0.05) is 32.5 Å². The predicted molar refractivity (Wildman–Crippen MR) is 39.2 cm³/mol. The zero-order valence-corrected chi connectivity index (χ0v) is 7.05. The highest BCUT2D eigenvalue weighted by Crippen LogP contribution is 2.54. The lowest BCUT2D eigenvalue weighted by molar-refractivity contribution is -0.340. The van der Waals surface area contributed by atoms with Crippen molar-refractivity contribution in [3.8, 4) is 0 Å². The molecule has 2 aliphatic rings. The monoisotopic (exact) mass is 158 g/mol. The number of hydrogen-bond acceptors (Lipinski definition) is 3. The van der Waals surface area contributed by atoms with Crippen LogP contribution in [0.4, 0.5) is 0 Å². The summed E-state index contributed by atoms with van der Waals surface area (Å²) in [6.07, 6.45) is 1.99. The van der Waals surface area contributed by atoms with E-state index in [1.807, 2.05) is 0 Å². The average Bonchev–Trinajstić information content (AvgIpc) is 1.85. The van der Waals surface area contributed by atoms with Crippen molar-refractivity contribution in [2.45, 2.75) is 18.6 Å². The Morgan fingerprint density at radius 3 is 1.91 bits per heavy atom. The van der Waals surface area contributed by atoms with Crippen LogP contribution in [0.2, 0.25) is 0 Å². The Balaban J connectivity index is 1.93. The van der Waals surface area contributed by atoms with E-state index in [1.165, 1.54) is 0 Å². The van der Waals surface area contributed by atoms with Gasteiger partial charge in [-0.15, -0.1) is 0 Å². The molecule has 1 heterocycles. The van der Waals surface area contributed by atoms with Crippen LogP contribution in [0.5, 0.6) is 0 Å². The maximum Gasteiger partial charge on any atom is 0.168 e. The number of ether oxygens (including phenoxy) is 3. The van der Waals surface area contributed by atoms with Crippen LogP contribution in [0.25, 0.3) is 0 Å². The summed E-state index contributed by atoms with van der Waals surface area (Å²) in [5, 5.41) is 0. The van der Waals surface area contributed by atoms with E-state index >= 15 is 0 Å². The lowest BCUT2D eigenvalue weighted by atomic mass is 9.63. The van der Waals surface area contributed by atoms with E-state index in [1.54, 1.807) is 14.2 Å². The molecule has 0 N–H and O–H groups in total. The summed E-state index contributed by atoms with van der Waals surface area (Å²) in [5.74, 6) is -0.288. The standard InChI is InChI=1S/C8H14O3/c1-9-8(10-2)3-7(4-8)5-11-6-7/h3-6H2,1-2H3. The second-order valence-electron chi connectivity index (χ2n) is 3.67. The van der Waals surface area contributed by atoms with Crippen LogP contribution >= 0.6 is 0 Å². The molecule has 2 fully saturated rings. The SMILES string of the molecule is COC1(OC)CC2(COC2)C1. The van der Waals surface area contributed by atoms with Gasteiger partial charge in [0.15, 0.2) is 5.79 Å². The summed E-state index contributed by atoms with van der Waals surface area (Å²) in [7, 11) is 3.41. The molecule has 3 heteroatoms. The highest BCUT2D eigenvalue weighted by Gasteiger charge is 2.59. The molecule has 0 bridgehead atoms. The fraction of sp³-hybridized carbons (Fsp3) is 1.00. The van der Waals surface area contributed by atoms with E-state index in [0.717, 1.165) is 26.1 Å². The number of methoxy groups -OCH3 is 2. The van der Waals surface area contributed by atoms with Gasteiger partial charge in [-0.3, -0.25) is 0 Å².